The molecule has 37 heavy (non-hydrogen) atoms. The van der Waals surface area contributed by atoms with Crippen molar-refractivity contribution in [3.8, 4) is 5.75 Å². The molecule has 3 N–H and O–H groups in total. The Morgan fingerprint density at radius 3 is 2.27 bits per heavy atom. The van der Waals surface area contributed by atoms with Crippen molar-refractivity contribution < 1.29 is 45.5 Å². The summed E-state index contributed by atoms with van der Waals surface area (Å²) in [5.41, 5.74) is -1.47. The number of alkyl halides is 5. The summed E-state index contributed by atoms with van der Waals surface area (Å²) in [6.45, 7) is -0.0824. The van der Waals surface area contributed by atoms with Gasteiger partial charge < -0.3 is 20.7 Å². The van der Waals surface area contributed by atoms with Crippen LogP contribution in [0.3, 0.4) is 0 Å². The van der Waals surface area contributed by atoms with E-state index in [1.165, 1.54) is 11.4 Å². The van der Waals surface area contributed by atoms with Crippen molar-refractivity contribution in [1.82, 2.24) is 10.6 Å². The Labute approximate surface area is 207 Å². The Morgan fingerprint density at radius 2 is 1.65 bits per heavy atom. The van der Waals surface area contributed by atoms with E-state index in [9.17, 15) is 40.7 Å². The van der Waals surface area contributed by atoms with E-state index >= 15 is 0 Å². The maximum atomic E-state index is 13.7. The minimum absolute atomic E-state index is 0.00815. The third kappa shape index (κ3) is 6.33. The molecule has 13 heteroatoms. The van der Waals surface area contributed by atoms with Crippen molar-refractivity contribution in [3.63, 3.8) is 0 Å². The Balaban J connectivity index is 1.83. The molecule has 1 heterocycles. The molecule has 0 aromatic heterocycles. The van der Waals surface area contributed by atoms with Gasteiger partial charge in [0.2, 0.25) is 11.8 Å². The Morgan fingerprint density at radius 1 is 1.00 bits per heavy atom. The number of amides is 3. The van der Waals surface area contributed by atoms with E-state index in [1.54, 1.807) is 30.3 Å². The predicted octanol–water partition coefficient (Wildman–Crippen LogP) is 3.59. The number of halogens is 6. The smallest absolute Gasteiger partial charge is 0.455 e. The first kappa shape index (κ1) is 27.8. The summed E-state index contributed by atoms with van der Waals surface area (Å²) in [6, 6.07) is 10.6. The lowest BCUT2D eigenvalue weighted by Crippen LogP contribution is -2.58. The van der Waals surface area contributed by atoms with Crippen molar-refractivity contribution >= 4 is 23.4 Å². The number of carbonyl (C=O) groups excluding carboxylic acids is 3. The number of carbonyl (C=O) groups is 3. The highest BCUT2D eigenvalue weighted by molar-refractivity contribution is 6.07. The first-order chi connectivity index (χ1) is 17.1. The van der Waals surface area contributed by atoms with Gasteiger partial charge in [-0.2, -0.15) is 22.0 Å². The van der Waals surface area contributed by atoms with Crippen molar-refractivity contribution in [2.24, 2.45) is 5.41 Å². The Kier molecular flexibility index (Phi) is 7.75. The van der Waals surface area contributed by atoms with E-state index in [0.717, 1.165) is 26.0 Å². The van der Waals surface area contributed by atoms with Crippen LogP contribution in [0.15, 0.2) is 48.5 Å². The van der Waals surface area contributed by atoms with Gasteiger partial charge in [-0.15, -0.1) is 0 Å². The number of rotatable bonds is 7. The second kappa shape index (κ2) is 10.3. The summed E-state index contributed by atoms with van der Waals surface area (Å²) < 4.78 is 83.4. The third-order valence-corrected chi connectivity index (χ3v) is 5.72. The van der Waals surface area contributed by atoms with Crippen molar-refractivity contribution in [1.29, 1.82) is 0 Å². The minimum Gasteiger partial charge on any atom is -0.485 e. The van der Waals surface area contributed by atoms with Gasteiger partial charge >= 0.3 is 12.1 Å². The number of ether oxygens (including phenoxy) is 1. The molecule has 3 rings (SSSR count). The Bertz CT molecular complexity index is 1170. The van der Waals surface area contributed by atoms with Gasteiger partial charge in [-0.3, -0.25) is 14.4 Å². The molecule has 0 bridgehead atoms. The fraction of sp³-hybridized carbons (Fsp3) is 0.375. The van der Waals surface area contributed by atoms with E-state index < -0.39 is 59.7 Å². The zero-order valence-electron chi connectivity index (χ0n) is 19.6. The average Bonchev–Trinajstić information content (AvgIpc) is 2.93. The van der Waals surface area contributed by atoms with Crippen molar-refractivity contribution in [2.45, 2.75) is 44.5 Å². The van der Waals surface area contributed by atoms with Crippen LogP contribution in [0, 0.1) is 11.2 Å². The molecular weight excluding hydrogens is 508 g/mol. The topological polar surface area (TPSA) is 96.5 Å². The molecule has 2 atom stereocenters. The Hall–Kier alpha value is -3.77. The lowest BCUT2D eigenvalue weighted by atomic mass is 9.89. The normalized spacial score (nSPS) is 18.1. The zero-order chi connectivity index (χ0) is 27.6. The van der Waals surface area contributed by atoms with Crippen molar-refractivity contribution in [2.75, 3.05) is 11.9 Å². The van der Waals surface area contributed by atoms with E-state index in [2.05, 4.69) is 10.6 Å². The standard InChI is InChI=1S/C24H23F6N3O4/c1-22(2,20(35)31-12-23(26,27)24(28,29)30)21(36)33-18-17(10-13-6-4-3-5-7-13)37-16-9-8-14(25)11-15(16)32-19(18)34/h3-9,11,17-18H,10,12H2,1-2H3,(H,31,35)(H,32,34)(H,33,36)/t17-,18-/m1/s1. The lowest BCUT2D eigenvalue weighted by molar-refractivity contribution is -0.278. The number of fused-ring (bicyclic) bond motifs is 1. The summed E-state index contributed by atoms with van der Waals surface area (Å²) >= 11 is 0. The largest absolute Gasteiger partial charge is 0.485 e. The number of anilines is 1. The number of benzene rings is 2. The van der Waals surface area contributed by atoms with Gasteiger partial charge in [0.25, 0.3) is 5.91 Å². The quantitative estimate of drug-likeness (QED) is 0.376. The molecule has 1 aliphatic heterocycles. The second-order valence-corrected chi connectivity index (χ2v) is 8.94. The maximum Gasteiger partial charge on any atom is 0.455 e. The molecule has 2 aromatic rings. The highest BCUT2D eigenvalue weighted by Crippen LogP contribution is 2.35. The van der Waals surface area contributed by atoms with Crippen LogP contribution in [0.25, 0.3) is 0 Å². The molecule has 0 radical (unpaired) electrons. The van der Waals surface area contributed by atoms with E-state index in [0.29, 0.717) is 5.56 Å². The van der Waals surface area contributed by atoms with E-state index in [4.69, 9.17) is 4.74 Å². The molecular formula is C24H23F6N3O4. The van der Waals surface area contributed by atoms with Gasteiger partial charge in [-0.1, -0.05) is 30.3 Å². The molecule has 0 fully saturated rings. The van der Waals surface area contributed by atoms with Crippen LogP contribution in [0.5, 0.6) is 5.75 Å². The molecule has 3 amide bonds. The first-order valence-electron chi connectivity index (χ1n) is 11.0. The molecule has 1 aliphatic rings. The van der Waals surface area contributed by atoms with Gasteiger partial charge in [0.05, 0.1) is 12.2 Å². The summed E-state index contributed by atoms with van der Waals surface area (Å²) in [7, 11) is 0. The SMILES string of the molecule is CC(C)(C(=O)NCC(F)(F)C(F)(F)F)C(=O)N[C@H]1C(=O)Nc2cc(F)ccc2O[C@@H]1Cc1ccccc1. The van der Waals surface area contributed by atoms with E-state index in [-0.39, 0.29) is 17.9 Å². The highest BCUT2D eigenvalue weighted by atomic mass is 19.4. The number of nitrogens with one attached hydrogen (secondary N) is 3. The molecule has 200 valence electrons. The lowest BCUT2D eigenvalue weighted by Gasteiger charge is -2.30. The molecule has 0 saturated carbocycles. The van der Waals surface area contributed by atoms with Crippen LogP contribution in [-0.2, 0) is 20.8 Å². The fourth-order valence-electron chi connectivity index (χ4n) is 3.41. The van der Waals surface area contributed by atoms with Gasteiger partial charge in [0.1, 0.15) is 29.1 Å². The average molecular weight is 531 g/mol. The summed E-state index contributed by atoms with van der Waals surface area (Å²) in [6.07, 6.45) is -6.88. The number of hydrogen-bond donors (Lipinski definition) is 3. The molecule has 7 nitrogen and oxygen atoms in total. The van der Waals surface area contributed by atoms with Crippen LogP contribution >= 0.6 is 0 Å². The van der Waals surface area contributed by atoms with Gasteiger partial charge in [-0.25, -0.2) is 4.39 Å². The first-order valence-corrected chi connectivity index (χ1v) is 11.0. The molecule has 2 aromatic carbocycles. The van der Waals surface area contributed by atoms with Crippen LogP contribution in [0.4, 0.5) is 32.0 Å². The van der Waals surface area contributed by atoms with Crippen LogP contribution in [0.1, 0.15) is 19.4 Å². The molecule has 0 saturated heterocycles. The second-order valence-electron chi connectivity index (χ2n) is 8.94. The van der Waals surface area contributed by atoms with Gasteiger partial charge in [0.15, 0.2) is 0 Å². The minimum atomic E-state index is -5.90. The third-order valence-electron chi connectivity index (χ3n) is 5.72. The van der Waals surface area contributed by atoms with Crippen LogP contribution in [0.2, 0.25) is 0 Å². The summed E-state index contributed by atoms with van der Waals surface area (Å²) in [5, 5.41) is 6.21. The van der Waals surface area contributed by atoms with Crippen LogP contribution < -0.4 is 20.7 Å². The monoisotopic (exact) mass is 531 g/mol. The van der Waals surface area contributed by atoms with Gasteiger partial charge in [0, 0.05) is 12.5 Å². The van der Waals surface area contributed by atoms with E-state index in [1.807, 2.05) is 0 Å². The molecule has 0 unspecified atom stereocenters. The predicted molar refractivity (Wildman–Crippen MR) is 119 cm³/mol. The summed E-state index contributed by atoms with van der Waals surface area (Å²) in [4.78, 5) is 38.5. The summed E-state index contributed by atoms with van der Waals surface area (Å²) in [5.74, 6) is -9.16. The maximum absolute atomic E-state index is 13.7. The van der Waals surface area contributed by atoms with Crippen molar-refractivity contribution in [3.05, 3.63) is 59.9 Å². The fourth-order valence-corrected chi connectivity index (χ4v) is 3.41. The molecule has 0 spiro atoms. The zero-order valence-corrected chi connectivity index (χ0v) is 19.6. The van der Waals surface area contributed by atoms with Crippen LogP contribution in [-0.4, -0.2) is 48.5 Å². The highest BCUT2D eigenvalue weighted by Gasteiger charge is 2.57. The van der Waals surface area contributed by atoms with Gasteiger partial charge in [-0.05, 0) is 31.5 Å². The number of hydrogen-bond acceptors (Lipinski definition) is 4. The molecule has 0 aliphatic carbocycles.